The number of hydrogen-bond donors (Lipinski definition) is 0. The molecule has 8 heteroatoms. The van der Waals surface area contributed by atoms with Crippen molar-refractivity contribution < 1.29 is 13.2 Å². The van der Waals surface area contributed by atoms with Crippen molar-refractivity contribution in [2.45, 2.75) is 44.2 Å². The summed E-state index contributed by atoms with van der Waals surface area (Å²) in [5, 5.41) is 4.34. The van der Waals surface area contributed by atoms with Crippen molar-refractivity contribution in [3.05, 3.63) is 11.4 Å². The molecule has 1 saturated heterocycles. The fraction of sp³-hybridized carbons (Fsp3) is 0.769. The van der Waals surface area contributed by atoms with Gasteiger partial charge in [-0.15, -0.1) is 11.6 Å². The maximum atomic E-state index is 12.8. The molecule has 1 aliphatic rings. The summed E-state index contributed by atoms with van der Waals surface area (Å²) in [7, 11) is -1.94. The topological polar surface area (TPSA) is 64.4 Å². The summed E-state index contributed by atoms with van der Waals surface area (Å²) >= 11 is 5.70. The van der Waals surface area contributed by atoms with Crippen LogP contribution in [0.3, 0.4) is 0 Å². The Morgan fingerprint density at radius 3 is 2.76 bits per heavy atom. The third-order valence-electron chi connectivity index (χ3n) is 3.88. The van der Waals surface area contributed by atoms with Crippen molar-refractivity contribution in [3.63, 3.8) is 0 Å². The molecule has 0 amide bonds. The SMILES string of the molecule is Cc1nn(CCCCl)c(C)c1S(=O)(=O)N(C)C1CCOC1. The lowest BCUT2D eigenvalue weighted by Gasteiger charge is -2.22. The molecule has 2 heterocycles. The van der Waals surface area contributed by atoms with E-state index in [1.54, 1.807) is 25.6 Å². The van der Waals surface area contributed by atoms with Gasteiger partial charge in [0.25, 0.3) is 0 Å². The van der Waals surface area contributed by atoms with E-state index < -0.39 is 10.0 Å². The van der Waals surface area contributed by atoms with E-state index in [1.165, 1.54) is 4.31 Å². The van der Waals surface area contributed by atoms with Crippen LogP contribution in [0, 0.1) is 13.8 Å². The molecule has 1 aromatic heterocycles. The van der Waals surface area contributed by atoms with Gasteiger partial charge >= 0.3 is 0 Å². The van der Waals surface area contributed by atoms with Crippen LogP contribution in [-0.4, -0.2) is 54.7 Å². The normalized spacial score (nSPS) is 19.6. The molecule has 0 bridgehead atoms. The van der Waals surface area contributed by atoms with Crippen molar-refractivity contribution in [2.75, 3.05) is 26.1 Å². The van der Waals surface area contributed by atoms with E-state index in [9.17, 15) is 8.42 Å². The zero-order valence-electron chi connectivity index (χ0n) is 12.7. The lowest BCUT2D eigenvalue weighted by atomic mass is 10.3. The molecule has 0 saturated carbocycles. The third kappa shape index (κ3) is 3.26. The fourth-order valence-electron chi connectivity index (χ4n) is 2.63. The van der Waals surface area contributed by atoms with Gasteiger partial charge in [0.2, 0.25) is 10.0 Å². The highest BCUT2D eigenvalue weighted by Gasteiger charge is 2.34. The van der Waals surface area contributed by atoms with Gasteiger partial charge in [-0.1, -0.05) is 0 Å². The Balaban J connectivity index is 2.33. The number of aromatic nitrogens is 2. The molecule has 1 unspecified atom stereocenters. The van der Waals surface area contributed by atoms with Crippen LogP contribution in [0.4, 0.5) is 0 Å². The monoisotopic (exact) mass is 335 g/mol. The van der Waals surface area contributed by atoms with E-state index in [0.717, 1.165) is 12.8 Å². The van der Waals surface area contributed by atoms with E-state index in [1.807, 2.05) is 0 Å². The van der Waals surface area contributed by atoms with Gasteiger partial charge in [-0.25, -0.2) is 8.42 Å². The largest absolute Gasteiger partial charge is 0.380 e. The minimum atomic E-state index is -3.55. The van der Waals surface area contributed by atoms with Gasteiger partial charge in [-0.05, 0) is 26.7 Å². The Morgan fingerprint density at radius 1 is 1.48 bits per heavy atom. The Hall–Kier alpha value is -0.630. The first kappa shape index (κ1) is 16.7. The Labute approximate surface area is 131 Å². The standard InChI is InChI=1S/C13H22ClN3O3S/c1-10-13(11(2)17(15-10)7-4-6-14)21(18,19)16(3)12-5-8-20-9-12/h12H,4-9H2,1-3H3. The number of likely N-dealkylation sites (N-methyl/N-ethyl adjacent to an activating group) is 1. The molecule has 0 aliphatic carbocycles. The van der Waals surface area contributed by atoms with Crippen LogP contribution in [0.2, 0.25) is 0 Å². The van der Waals surface area contributed by atoms with Crippen LogP contribution < -0.4 is 0 Å². The predicted molar refractivity (Wildman–Crippen MR) is 81.2 cm³/mol. The number of ether oxygens (including phenoxy) is 1. The molecule has 0 aromatic carbocycles. The molecule has 1 fully saturated rings. The van der Waals surface area contributed by atoms with Crippen LogP contribution in [0.5, 0.6) is 0 Å². The summed E-state index contributed by atoms with van der Waals surface area (Å²) < 4.78 is 34.1. The highest BCUT2D eigenvalue weighted by molar-refractivity contribution is 7.89. The van der Waals surface area contributed by atoms with Crippen LogP contribution in [0.25, 0.3) is 0 Å². The average molecular weight is 336 g/mol. The number of aryl methyl sites for hydroxylation is 2. The van der Waals surface area contributed by atoms with E-state index in [0.29, 0.717) is 41.9 Å². The minimum absolute atomic E-state index is 0.0972. The number of nitrogens with zero attached hydrogens (tertiary/aromatic N) is 3. The van der Waals surface area contributed by atoms with Gasteiger partial charge in [-0.2, -0.15) is 9.40 Å². The Morgan fingerprint density at radius 2 is 2.19 bits per heavy atom. The number of rotatable bonds is 6. The van der Waals surface area contributed by atoms with Crippen LogP contribution in [-0.2, 0) is 21.3 Å². The molecule has 120 valence electrons. The van der Waals surface area contributed by atoms with Gasteiger partial charge in [-0.3, -0.25) is 4.68 Å². The van der Waals surface area contributed by atoms with Crippen molar-refractivity contribution in [2.24, 2.45) is 0 Å². The fourth-order valence-corrected chi connectivity index (χ4v) is 4.49. The van der Waals surface area contributed by atoms with Gasteiger partial charge in [0.05, 0.1) is 24.0 Å². The highest BCUT2D eigenvalue weighted by atomic mass is 35.5. The minimum Gasteiger partial charge on any atom is -0.380 e. The maximum absolute atomic E-state index is 12.8. The average Bonchev–Trinajstić information content (AvgIpc) is 3.04. The molecule has 0 N–H and O–H groups in total. The summed E-state index contributed by atoms with van der Waals surface area (Å²) in [4.78, 5) is 0.312. The second-order valence-corrected chi connectivity index (χ2v) is 7.62. The summed E-state index contributed by atoms with van der Waals surface area (Å²) in [6.07, 6.45) is 1.49. The third-order valence-corrected chi connectivity index (χ3v) is 6.31. The van der Waals surface area contributed by atoms with Crippen LogP contribution >= 0.6 is 11.6 Å². The molecule has 2 rings (SSSR count). The van der Waals surface area contributed by atoms with Crippen molar-refractivity contribution in [3.8, 4) is 0 Å². The number of sulfonamides is 1. The van der Waals surface area contributed by atoms with E-state index >= 15 is 0 Å². The van der Waals surface area contributed by atoms with Crippen LogP contribution in [0.1, 0.15) is 24.2 Å². The Kier molecular flexibility index (Phi) is 5.29. The molecule has 1 aromatic rings. The zero-order chi connectivity index (χ0) is 15.6. The van der Waals surface area contributed by atoms with Crippen LogP contribution in [0.15, 0.2) is 4.90 Å². The number of hydrogen-bond acceptors (Lipinski definition) is 4. The first-order valence-electron chi connectivity index (χ1n) is 7.05. The molecular weight excluding hydrogens is 314 g/mol. The van der Waals surface area contributed by atoms with E-state index in [-0.39, 0.29) is 6.04 Å². The number of alkyl halides is 1. The Bertz CT molecular complexity index is 594. The predicted octanol–water partition coefficient (Wildman–Crippen LogP) is 1.54. The molecule has 0 radical (unpaired) electrons. The summed E-state index contributed by atoms with van der Waals surface area (Å²) in [6.45, 7) is 5.21. The van der Waals surface area contributed by atoms with Crippen molar-refractivity contribution >= 4 is 21.6 Å². The van der Waals surface area contributed by atoms with E-state index in [4.69, 9.17) is 16.3 Å². The summed E-state index contributed by atoms with van der Waals surface area (Å²) in [6, 6.07) is -0.0972. The van der Waals surface area contributed by atoms with E-state index in [2.05, 4.69) is 5.10 Å². The highest BCUT2D eigenvalue weighted by Crippen LogP contribution is 2.26. The smallest absolute Gasteiger partial charge is 0.246 e. The van der Waals surface area contributed by atoms with Gasteiger partial charge in [0.1, 0.15) is 4.90 Å². The molecule has 1 aliphatic heterocycles. The molecule has 21 heavy (non-hydrogen) atoms. The molecular formula is C13H22ClN3O3S. The first-order chi connectivity index (χ1) is 9.89. The summed E-state index contributed by atoms with van der Waals surface area (Å²) in [5.41, 5.74) is 1.20. The zero-order valence-corrected chi connectivity index (χ0v) is 14.2. The quantitative estimate of drug-likeness (QED) is 0.740. The van der Waals surface area contributed by atoms with Crippen molar-refractivity contribution in [1.82, 2.24) is 14.1 Å². The van der Waals surface area contributed by atoms with Gasteiger partial charge in [0.15, 0.2) is 0 Å². The van der Waals surface area contributed by atoms with Crippen molar-refractivity contribution in [1.29, 1.82) is 0 Å². The molecule has 1 atom stereocenters. The second-order valence-electron chi connectivity index (χ2n) is 5.30. The van der Waals surface area contributed by atoms with Gasteiger partial charge in [0, 0.05) is 26.1 Å². The van der Waals surface area contributed by atoms with Gasteiger partial charge < -0.3 is 4.74 Å². The summed E-state index contributed by atoms with van der Waals surface area (Å²) in [5.74, 6) is 0.528. The lowest BCUT2D eigenvalue weighted by Crippen LogP contribution is -2.37. The molecule has 0 spiro atoms. The lowest BCUT2D eigenvalue weighted by molar-refractivity contribution is 0.181. The maximum Gasteiger partial charge on any atom is 0.246 e. The first-order valence-corrected chi connectivity index (χ1v) is 9.02. The molecule has 6 nitrogen and oxygen atoms in total. The number of halogens is 1. The second kappa shape index (κ2) is 6.64.